The van der Waals surface area contributed by atoms with Crippen LogP contribution in [0.25, 0.3) is 0 Å². The predicted molar refractivity (Wildman–Crippen MR) is 128 cm³/mol. The third-order valence-corrected chi connectivity index (χ3v) is 5.58. The number of halogens is 3. The third-order valence-electron chi connectivity index (χ3n) is 4.99. The number of anilines is 1. The van der Waals surface area contributed by atoms with E-state index in [1.54, 1.807) is 42.6 Å². The van der Waals surface area contributed by atoms with E-state index >= 15 is 0 Å². The van der Waals surface area contributed by atoms with Crippen LogP contribution in [0.2, 0.25) is 10.0 Å². The second kappa shape index (κ2) is 10.1. The van der Waals surface area contributed by atoms with E-state index in [4.69, 9.17) is 27.9 Å². The van der Waals surface area contributed by atoms with Crippen molar-refractivity contribution in [3.63, 3.8) is 0 Å². The van der Waals surface area contributed by atoms with Crippen molar-refractivity contribution in [2.24, 2.45) is 0 Å². The van der Waals surface area contributed by atoms with E-state index in [0.29, 0.717) is 33.5 Å². The Morgan fingerprint density at radius 1 is 1.12 bits per heavy atom. The molecule has 1 amide bonds. The van der Waals surface area contributed by atoms with Gasteiger partial charge in [-0.25, -0.2) is 4.39 Å². The summed E-state index contributed by atoms with van der Waals surface area (Å²) < 4.78 is 21.4. The number of hydrogen-bond acceptors (Lipinski definition) is 3. The lowest BCUT2D eigenvalue weighted by Crippen LogP contribution is -2.12. The van der Waals surface area contributed by atoms with Gasteiger partial charge in [0.15, 0.2) is 0 Å². The molecule has 8 heteroatoms. The van der Waals surface area contributed by atoms with E-state index in [0.717, 1.165) is 16.9 Å². The molecule has 4 aromatic rings. The summed E-state index contributed by atoms with van der Waals surface area (Å²) in [6.07, 6.45) is 3.12. The maximum Gasteiger partial charge on any atom is 0.255 e. The fraction of sp³-hybridized carbons (Fsp3) is 0.120. The standard InChI is InChI=1S/C25H20Cl2FN3O2/c1-16-10-19(26)8-9-24(16)33-15-17-4-2-5-18(11-17)25(32)30-20-12-29-31(13-20)14-21-22(27)6-3-7-23(21)28/h2-13H,14-15H2,1H3,(H,30,32). The van der Waals surface area contributed by atoms with Crippen LogP contribution in [0.5, 0.6) is 5.75 Å². The van der Waals surface area contributed by atoms with Gasteiger partial charge in [-0.05, 0) is 60.5 Å². The van der Waals surface area contributed by atoms with E-state index in [1.807, 2.05) is 25.1 Å². The molecule has 168 valence electrons. The number of aromatic nitrogens is 2. The Labute approximate surface area is 200 Å². The SMILES string of the molecule is Cc1cc(Cl)ccc1OCc1cccc(C(=O)Nc2cnn(Cc3c(F)cccc3Cl)c2)c1. The molecule has 0 radical (unpaired) electrons. The van der Waals surface area contributed by atoms with Gasteiger partial charge in [0.25, 0.3) is 5.91 Å². The average Bonchev–Trinajstić information content (AvgIpc) is 3.23. The van der Waals surface area contributed by atoms with Crippen molar-refractivity contribution in [1.82, 2.24) is 9.78 Å². The first-order valence-electron chi connectivity index (χ1n) is 10.1. The molecule has 4 rings (SSSR count). The second-order valence-electron chi connectivity index (χ2n) is 7.48. The van der Waals surface area contributed by atoms with Gasteiger partial charge in [-0.1, -0.05) is 41.4 Å². The summed E-state index contributed by atoms with van der Waals surface area (Å²) >= 11 is 12.1. The Kier molecular flexibility index (Phi) is 6.96. The number of benzene rings is 3. The number of nitrogens with zero attached hydrogens (tertiary/aromatic N) is 2. The lowest BCUT2D eigenvalue weighted by atomic mass is 10.1. The highest BCUT2D eigenvalue weighted by Gasteiger charge is 2.12. The predicted octanol–water partition coefficient (Wildman–Crippen LogP) is 6.52. The van der Waals surface area contributed by atoms with E-state index in [9.17, 15) is 9.18 Å². The molecule has 3 aromatic carbocycles. The van der Waals surface area contributed by atoms with Gasteiger partial charge in [0, 0.05) is 27.4 Å². The van der Waals surface area contributed by atoms with Gasteiger partial charge < -0.3 is 10.1 Å². The largest absolute Gasteiger partial charge is 0.489 e. The molecule has 0 fully saturated rings. The third kappa shape index (κ3) is 5.72. The van der Waals surface area contributed by atoms with Crippen molar-refractivity contribution >= 4 is 34.8 Å². The van der Waals surface area contributed by atoms with Gasteiger partial charge in [0.1, 0.15) is 18.2 Å². The summed E-state index contributed by atoms with van der Waals surface area (Å²) in [6.45, 7) is 2.38. The fourth-order valence-corrected chi connectivity index (χ4v) is 3.75. The Morgan fingerprint density at radius 3 is 2.73 bits per heavy atom. The zero-order chi connectivity index (χ0) is 23.4. The summed E-state index contributed by atoms with van der Waals surface area (Å²) in [6, 6.07) is 17.1. The second-order valence-corrected chi connectivity index (χ2v) is 8.32. The van der Waals surface area contributed by atoms with Gasteiger partial charge in [-0.3, -0.25) is 9.48 Å². The summed E-state index contributed by atoms with van der Waals surface area (Å²) in [7, 11) is 0. The molecule has 0 aliphatic carbocycles. The minimum atomic E-state index is -0.406. The lowest BCUT2D eigenvalue weighted by Gasteiger charge is -2.10. The highest BCUT2D eigenvalue weighted by Crippen LogP contribution is 2.23. The Hall–Kier alpha value is -3.35. The highest BCUT2D eigenvalue weighted by atomic mass is 35.5. The average molecular weight is 484 g/mol. The summed E-state index contributed by atoms with van der Waals surface area (Å²) in [5.74, 6) is 0.0380. The van der Waals surface area contributed by atoms with Crippen molar-refractivity contribution in [2.75, 3.05) is 5.32 Å². The first kappa shape index (κ1) is 22.8. The normalized spacial score (nSPS) is 10.8. The molecular weight excluding hydrogens is 464 g/mol. The Morgan fingerprint density at radius 2 is 1.94 bits per heavy atom. The number of hydrogen-bond donors (Lipinski definition) is 1. The summed E-state index contributed by atoms with van der Waals surface area (Å²) in [5.41, 5.74) is 3.09. The number of rotatable bonds is 7. The molecule has 1 heterocycles. The molecular formula is C25H20Cl2FN3O2. The lowest BCUT2D eigenvalue weighted by molar-refractivity contribution is 0.102. The monoisotopic (exact) mass is 483 g/mol. The zero-order valence-electron chi connectivity index (χ0n) is 17.7. The molecule has 0 spiro atoms. The van der Waals surface area contributed by atoms with Crippen LogP contribution in [0, 0.1) is 12.7 Å². The van der Waals surface area contributed by atoms with Crippen LogP contribution in [0.4, 0.5) is 10.1 Å². The zero-order valence-corrected chi connectivity index (χ0v) is 19.2. The molecule has 0 bridgehead atoms. The Balaban J connectivity index is 1.40. The van der Waals surface area contributed by atoms with Gasteiger partial charge >= 0.3 is 0 Å². The summed E-state index contributed by atoms with van der Waals surface area (Å²) in [4.78, 5) is 12.7. The molecule has 0 atom stereocenters. The number of ether oxygens (including phenoxy) is 1. The maximum absolute atomic E-state index is 14.0. The van der Waals surface area contributed by atoms with Gasteiger partial charge in [0.2, 0.25) is 0 Å². The van der Waals surface area contributed by atoms with E-state index in [2.05, 4.69) is 10.4 Å². The van der Waals surface area contributed by atoms with Crippen LogP contribution in [0.1, 0.15) is 27.0 Å². The van der Waals surface area contributed by atoms with Crippen LogP contribution in [-0.4, -0.2) is 15.7 Å². The number of amides is 1. The van der Waals surface area contributed by atoms with E-state index < -0.39 is 5.82 Å². The van der Waals surface area contributed by atoms with E-state index in [-0.39, 0.29) is 12.5 Å². The van der Waals surface area contributed by atoms with Crippen LogP contribution in [0.15, 0.2) is 73.1 Å². The molecule has 33 heavy (non-hydrogen) atoms. The van der Waals surface area contributed by atoms with Crippen molar-refractivity contribution in [2.45, 2.75) is 20.1 Å². The number of carbonyl (C=O) groups excluding carboxylic acids is 1. The quantitative estimate of drug-likeness (QED) is 0.325. The first-order valence-corrected chi connectivity index (χ1v) is 10.9. The maximum atomic E-state index is 14.0. The van der Waals surface area contributed by atoms with Gasteiger partial charge in [0.05, 0.1) is 18.4 Å². The number of nitrogens with one attached hydrogen (secondary N) is 1. The van der Waals surface area contributed by atoms with Gasteiger partial charge in [-0.15, -0.1) is 0 Å². The molecule has 1 N–H and O–H groups in total. The molecule has 0 aliphatic heterocycles. The Bertz CT molecular complexity index is 1290. The van der Waals surface area contributed by atoms with Crippen LogP contribution in [-0.2, 0) is 13.2 Å². The molecule has 0 saturated heterocycles. The topological polar surface area (TPSA) is 56.1 Å². The number of aryl methyl sites for hydroxylation is 1. The molecule has 0 aliphatic rings. The molecule has 0 saturated carbocycles. The van der Waals surface area contributed by atoms with Gasteiger partial charge in [-0.2, -0.15) is 5.10 Å². The van der Waals surface area contributed by atoms with Crippen molar-refractivity contribution in [3.05, 3.63) is 111 Å². The smallest absolute Gasteiger partial charge is 0.255 e. The first-order chi connectivity index (χ1) is 15.9. The van der Waals surface area contributed by atoms with Crippen molar-refractivity contribution in [1.29, 1.82) is 0 Å². The molecule has 0 unspecified atom stereocenters. The van der Waals surface area contributed by atoms with Crippen LogP contribution >= 0.6 is 23.2 Å². The summed E-state index contributed by atoms with van der Waals surface area (Å²) in [5, 5.41) is 7.96. The number of carbonyl (C=O) groups is 1. The highest BCUT2D eigenvalue weighted by molar-refractivity contribution is 6.31. The minimum Gasteiger partial charge on any atom is -0.489 e. The fourth-order valence-electron chi connectivity index (χ4n) is 3.30. The minimum absolute atomic E-state index is 0.151. The van der Waals surface area contributed by atoms with Crippen LogP contribution in [0.3, 0.4) is 0 Å². The van der Waals surface area contributed by atoms with E-state index in [1.165, 1.54) is 16.9 Å². The molecule has 1 aromatic heterocycles. The van der Waals surface area contributed by atoms with Crippen molar-refractivity contribution in [3.8, 4) is 5.75 Å². The molecule has 5 nitrogen and oxygen atoms in total. The van der Waals surface area contributed by atoms with Crippen molar-refractivity contribution < 1.29 is 13.9 Å². The van der Waals surface area contributed by atoms with Crippen LogP contribution < -0.4 is 10.1 Å².